The zero-order valence-electron chi connectivity index (χ0n) is 9.69. The molecular weight excluding hydrogens is 208 g/mol. The number of rotatable bonds is 7. The molecule has 0 bridgehead atoms. The molecular formula is C10H18N4O2. The van der Waals surface area contributed by atoms with E-state index >= 15 is 0 Å². The molecule has 0 amide bonds. The number of aryl methyl sites for hydroxylation is 1. The zero-order chi connectivity index (χ0) is 11.8. The zero-order valence-corrected chi connectivity index (χ0v) is 9.69. The van der Waals surface area contributed by atoms with E-state index in [-0.39, 0.29) is 5.95 Å². The number of ether oxygens (including phenoxy) is 2. The Bertz CT molecular complexity index is 299. The maximum Gasteiger partial charge on any atom is 0.222 e. The highest BCUT2D eigenvalue weighted by Crippen LogP contribution is 2.06. The number of methoxy groups -OCH3 is 1. The van der Waals surface area contributed by atoms with Gasteiger partial charge in [0.2, 0.25) is 5.95 Å². The highest BCUT2D eigenvalue weighted by atomic mass is 16.5. The number of nitrogens with zero attached hydrogens (tertiary/aromatic N) is 2. The number of nitrogens with two attached hydrogens (primary N) is 1. The van der Waals surface area contributed by atoms with E-state index in [0.29, 0.717) is 26.4 Å². The topological polar surface area (TPSA) is 82.3 Å². The molecule has 0 aliphatic rings. The number of aromatic nitrogens is 2. The molecule has 0 saturated heterocycles. The van der Waals surface area contributed by atoms with Crippen molar-refractivity contribution in [1.29, 1.82) is 0 Å². The molecule has 0 aliphatic carbocycles. The minimum atomic E-state index is 0.280. The van der Waals surface area contributed by atoms with Gasteiger partial charge in [-0.05, 0) is 6.92 Å². The highest BCUT2D eigenvalue weighted by Gasteiger charge is 1.97. The SMILES string of the molecule is COCCOCCNc1cc(C)nc(N)n1. The molecule has 0 atom stereocenters. The first-order chi connectivity index (χ1) is 7.72. The monoisotopic (exact) mass is 226 g/mol. The first-order valence-electron chi connectivity index (χ1n) is 5.14. The van der Waals surface area contributed by atoms with Gasteiger partial charge in [0.05, 0.1) is 19.8 Å². The molecule has 6 heteroatoms. The third-order valence-corrected chi connectivity index (χ3v) is 1.86. The van der Waals surface area contributed by atoms with Gasteiger partial charge in [-0.15, -0.1) is 0 Å². The summed E-state index contributed by atoms with van der Waals surface area (Å²) in [6.45, 7) is 4.37. The quantitative estimate of drug-likeness (QED) is 0.657. The van der Waals surface area contributed by atoms with Crippen molar-refractivity contribution in [2.45, 2.75) is 6.92 Å². The van der Waals surface area contributed by atoms with Crippen molar-refractivity contribution in [1.82, 2.24) is 9.97 Å². The van der Waals surface area contributed by atoms with E-state index in [2.05, 4.69) is 15.3 Å². The van der Waals surface area contributed by atoms with Crippen molar-refractivity contribution in [2.24, 2.45) is 0 Å². The maximum absolute atomic E-state index is 5.52. The van der Waals surface area contributed by atoms with Gasteiger partial charge in [-0.25, -0.2) is 4.98 Å². The molecule has 0 radical (unpaired) electrons. The van der Waals surface area contributed by atoms with Gasteiger partial charge >= 0.3 is 0 Å². The van der Waals surface area contributed by atoms with Crippen LogP contribution in [0.3, 0.4) is 0 Å². The van der Waals surface area contributed by atoms with Gasteiger partial charge < -0.3 is 20.5 Å². The van der Waals surface area contributed by atoms with Crippen LogP contribution in [-0.4, -0.2) is 43.4 Å². The number of nitrogen functional groups attached to an aromatic ring is 1. The predicted octanol–water partition coefficient (Wildman–Crippen LogP) is 0.442. The van der Waals surface area contributed by atoms with Gasteiger partial charge in [0.15, 0.2) is 0 Å². The van der Waals surface area contributed by atoms with Crippen molar-refractivity contribution >= 4 is 11.8 Å². The summed E-state index contributed by atoms with van der Waals surface area (Å²) in [6.07, 6.45) is 0. The second kappa shape index (κ2) is 6.97. The van der Waals surface area contributed by atoms with E-state index in [4.69, 9.17) is 15.2 Å². The molecule has 1 aromatic heterocycles. The Morgan fingerprint density at radius 1 is 1.31 bits per heavy atom. The lowest BCUT2D eigenvalue weighted by molar-refractivity contribution is 0.0759. The Morgan fingerprint density at radius 2 is 2.12 bits per heavy atom. The van der Waals surface area contributed by atoms with E-state index in [1.807, 2.05) is 13.0 Å². The van der Waals surface area contributed by atoms with E-state index in [9.17, 15) is 0 Å². The molecule has 0 saturated carbocycles. The molecule has 0 spiro atoms. The molecule has 90 valence electrons. The van der Waals surface area contributed by atoms with Crippen molar-refractivity contribution in [3.8, 4) is 0 Å². The lowest BCUT2D eigenvalue weighted by Gasteiger charge is -2.07. The number of hydrogen-bond acceptors (Lipinski definition) is 6. The van der Waals surface area contributed by atoms with E-state index in [1.165, 1.54) is 0 Å². The van der Waals surface area contributed by atoms with Crippen LogP contribution in [0.5, 0.6) is 0 Å². The predicted molar refractivity (Wildman–Crippen MR) is 62.4 cm³/mol. The van der Waals surface area contributed by atoms with Crippen LogP contribution < -0.4 is 11.1 Å². The van der Waals surface area contributed by atoms with Gasteiger partial charge in [-0.3, -0.25) is 0 Å². The van der Waals surface area contributed by atoms with Crippen LogP contribution in [0.1, 0.15) is 5.69 Å². The lowest BCUT2D eigenvalue weighted by atomic mass is 10.4. The average Bonchev–Trinajstić information content (AvgIpc) is 2.22. The van der Waals surface area contributed by atoms with Gasteiger partial charge in [-0.1, -0.05) is 0 Å². The van der Waals surface area contributed by atoms with Crippen LogP contribution in [0, 0.1) is 6.92 Å². The Morgan fingerprint density at radius 3 is 2.81 bits per heavy atom. The molecule has 6 nitrogen and oxygen atoms in total. The summed E-state index contributed by atoms with van der Waals surface area (Å²) in [4.78, 5) is 8.03. The Labute approximate surface area is 95.2 Å². The Balaban J connectivity index is 2.21. The Hall–Kier alpha value is -1.40. The summed E-state index contributed by atoms with van der Waals surface area (Å²) in [6, 6.07) is 1.84. The smallest absolute Gasteiger partial charge is 0.222 e. The number of anilines is 2. The van der Waals surface area contributed by atoms with Gasteiger partial charge in [0, 0.05) is 25.4 Å². The van der Waals surface area contributed by atoms with Crippen molar-refractivity contribution in [2.75, 3.05) is 44.5 Å². The van der Waals surface area contributed by atoms with Crippen LogP contribution in [0.2, 0.25) is 0 Å². The average molecular weight is 226 g/mol. The fourth-order valence-corrected chi connectivity index (χ4v) is 1.18. The summed E-state index contributed by atoms with van der Waals surface area (Å²) >= 11 is 0. The normalized spacial score (nSPS) is 10.4. The first kappa shape index (κ1) is 12.7. The van der Waals surface area contributed by atoms with E-state index in [0.717, 1.165) is 11.5 Å². The standard InChI is InChI=1S/C10H18N4O2/c1-8-7-9(14-10(11)13-8)12-3-4-16-6-5-15-2/h7H,3-6H2,1-2H3,(H3,11,12,13,14). The third-order valence-electron chi connectivity index (χ3n) is 1.86. The Kier molecular flexibility index (Phi) is 5.52. The first-order valence-corrected chi connectivity index (χ1v) is 5.14. The highest BCUT2D eigenvalue weighted by molar-refractivity contribution is 5.39. The molecule has 0 unspecified atom stereocenters. The van der Waals surface area contributed by atoms with E-state index < -0.39 is 0 Å². The fourth-order valence-electron chi connectivity index (χ4n) is 1.18. The number of hydrogen-bond donors (Lipinski definition) is 2. The van der Waals surface area contributed by atoms with Crippen molar-refractivity contribution in [3.05, 3.63) is 11.8 Å². The van der Waals surface area contributed by atoms with Crippen LogP contribution in [-0.2, 0) is 9.47 Å². The third kappa shape index (κ3) is 4.90. The van der Waals surface area contributed by atoms with Crippen LogP contribution in [0.15, 0.2) is 6.07 Å². The van der Waals surface area contributed by atoms with Crippen molar-refractivity contribution in [3.63, 3.8) is 0 Å². The molecule has 1 heterocycles. The van der Waals surface area contributed by atoms with Gasteiger partial charge in [0.1, 0.15) is 5.82 Å². The minimum absolute atomic E-state index is 0.280. The van der Waals surface area contributed by atoms with Crippen molar-refractivity contribution < 1.29 is 9.47 Å². The number of nitrogens with one attached hydrogen (secondary N) is 1. The second-order valence-corrected chi connectivity index (χ2v) is 3.28. The second-order valence-electron chi connectivity index (χ2n) is 3.28. The molecule has 1 rings (SSSR count). The minimum Gasteiger partial charge on any atom is -0.382 e. The molecule has 1 aromatic rings. The molecule has 0 fully saturated rings. The van der Waals surface area contributed by atoms with Crippen LogP contribution >= 0.6 is 0 Å². The summed E-state index contributed by atoms with van der Waals surface area (Å²) in [5.74, 6) is 1.00. The van der Waals surface area contributed by atoms with Crippen LogP contribution in [0.4, 0.5) is 11.8 Å². The molecule has 0 aromatic carbocycles. The largest absolute Gasteiger partial charge is 0.382 e. The fraction of sp³-hybridized carbons (Fsp3) is 0.600. The molecule has 16 heavy (non-hydrogen) atoms. The summed E-state index contributed by atoms with van der Waals surface area (Å²) in [7, 11) is 1.65. The van der Waals surface area contributed by atoms with Gasteiger partial charge in [0.25, 0.3) is 0 Å². The summed E-state index contributed by atoms with van der Waals surface area (Å²) in [5.41, 5.74) is 6.36. The van der Waals surface area contributed by atoms with E-state index in [1.54, 1.807) is 7.11 Å². The summed E-state index contributed by atoms with van der Waals surface area (Å²) < 4.78 is 10.1. The molecule has 0 aliphatic heterocycles. The van der Waals surface area contributed by atoms with Crippen LogP contribution in [0.25, 0.3) is 0 Å². The maximum atomic E-state index is 5.52. The lowest BCUT2D eigenvalue weighted by Crippen LogP contribution is -2.13. The van der Waals surface area contributed by atoms with Gasteiger partial charge in [-0.2, -0.15) is 4.98 Å². The summed E-state index contributed by atoms with van der Waals surface area (Å²) in [5, 5.41) is 3.11. The molecule has 3 N–H and O–H groups in total.